The van der Waals surface area contributed by atoms with Crippen LogP contribution in [0.1, 0.15) is 34.5 Å². The highest BCUT2D eigenvalue weighted by Gasteiger charge is 2.25. The number of rotatable bonds is 3. The molecule has 3 heterocycles. The zero-order valence-corrected chi connectivity index (χ0v) is 15.4. The van der Waals surface area contributed by atoms with Crippen molar-refractivity contribution in [2.75, 3.05) is 18.4 Å². The number of amides is 1. The van der Waals surface area contributed by atoms with Gasteiger partial charge in [-0.3, -0.25) is 4.79 Å². The number of nitrogens with zero attached hydrogens (tertiary/aromatic N) is 3. The van der Waals surface area contributed by atoms with E-state index >= 15 is 0 Å². The van der Waals surface area contributed by atoms with E-state index in [1.54, 1.807) is 23.2 Å². The van der Waals surface area contributed by atoms with Crippen molar-refractivity contribution in [2.24, 2.45) is 0 Å². The molecule has 6 nitrogen and oxygen atoms in total. The lowest BCUT2D eigenvalue weighted by atomic mass is 10.0. The number of furan rings is 1. The Balaban J connectivity index is 1.63. The SMILES string of the molecule is Cc1c(I)cnc(NC2CCN(C(=O)c3ccco3)CC2)c1C#N. The van der Waals surface area contributed by atoms with Crippen LogP contribution in [-0.2, 0) is 0 Å². The van der Waals surface area contributed by atoms with Crippen LogP contribution in [0.15, 0.2) is 29.0 Å². The molecule has 2 aromatic rings. The molecular weight excluding hydrogens is 419 g/mol. The lowest BCUT2D eigenvalue weighted by Crippen LogP contribution is -2.42. The van der Waals surface area contributed by atoms with Crippen LogP contribution in [0, 0.1) is 21.8 Å². The minimum absolute atomic E-state index is 0.0700. The van der Waals surface area contributed by atoms with E-state index in [0.717, 1.165) is 22.0 Å². The van der Waals surface area contributed by atoms with Gasteiger partial charge in [0.15, 0.2) is 5.76 Å². The molecule has 0 atom stereocenters. The van der Waals surface area contributed by atoms with E-state index in [4.69, 9.17) is 4.42 Å². The molecular formula is C17H17IN4O2. The minimum Gasteiger partial charge on any atom is -0.459 e. The molecule has 1 N–H and O–H groups in total. The minimum atomic E-state index is -0.0700. The van der Waals surface area contributed by atoms with Crippen LogP contribution < -0.4 is 5.32 Å². The second kappa shape index (κ2) is 7.21. The second-order valence-corrected chi connectivity index (χ2v) is 6.92. The topological polar surface area (TPSA) is 82.2 Å². The number of piperidine rings is 1. The fourth-order valence-corrected chi connectivity index (χ4v) is 3.21. The van der Waals surface area contributed by atoms with Gasteiger partial charge in [0.1, 0.15) is 11.9 Å². The molecule has 7 heteroatoms. The maximum atomic E-state index is 12.3. The predicted octanol–water partition coefficient (Wildman–Crippen LogP) is 3.18. The number of hydrogen-bond donors (Lipinski definition) is 1. The van der Waals surface area contributed by atoms with E-state index in [2.05, 4.69) is 39.0 Å². The van der Waals surface area contributed by atoms with Gasteiger partial charge in [-0.15, -0.1) is 0 Å². The largest absolute Gasteiger partial charge is 0.459 e. The highest BCUT2D eigenvalue weighted by atomic mass is 127. The van der Waals surface area contributed by atoms with Crippen molar-refractivity contribution in [3.05, 3.63) is 45.1 Å². The first-order valence-electron chi connectivity index (χ1n) is 7.74. The highest BCUT2D eigenvalue weighted by Crippen LogP contribution is 2.24. The molecule has 0 unspecified atom stereocenters. The summed E-state index contributed by atoms with van der Waals surface area (Å²) in [6, 6.07) is 5.83. The second-order valence-electron chi connectivity index (χ2n) is 5.75. The molecule has 1 aliphatic heterocycles. The number of carbonyl (C=O) groups is 1. The number of anilines is 1. The Bertz CT molecular complexity index is 775. The van der Waals surface area contributed by atoms with Gasteiger partial charge in [0, 0.05) is 28.9 Å². The van der Waals surface area contributed by atoms with Gasteiger partial charge in [-0.1, -0.05) is 0 Å². The molecule has 1 saturated heterocycles. The van der Waals surface area contributed by atoms with Gasteiger partial charge in [-0.05, 0) is 60.1 Å². The maximum absolute atomic E-state index is 12.3. The lowest BCUT2D eigenvalue weighted by molar-refractivity contribution is 0.0686. The first-order chi connectivity index (χ1) is 11.6. The first-order valence-corrected chi connectivity index (χ1v) is 8.82. The van der Waals surface area contributed by atoms with E-state index in [1.165, 1.54) is 6.26 Å². The van der Waals surface area contributed by atoms with Crippen molar-refractivity contribution in [3.8, 4) is 6.07 Å². The van der Waals surface area contributed by atoms with E-state index in [-0.39, 0.29) is 11.9 Å². The van der Waals surface area contributed by atoms with E-state index in [1.807, 2.05) is 6.92 Å². The van der Waals surface area contributed by atoms with Crippen molar-refractivity contribution in [2.45, 2.75) is 25.8 Å². The highest BCUT2D eigenvalue weighted by molar-refractivity contribution is 14.1. The monoisotopic (exact) mass is 436 g/mol. The van der Waals surface area contributed by atoms with Crippen molar-refractivity contribution >= 4 is 34.3 Å². The maximum Gasteiger partial charge on any atom is 0.289 e. The summed E-state index contributed by atoms with van der Waals surface area (Å²) in [6.45, 7) is 3.24. The summed E-state index contributed by atoms with van der Waals surface area (Å²) in [4.78, 5) is 18.4. The Labute approximate surface area is 154 Å². The van der Waals surface area contributed by atoms with Gasteiger partial charge in [0.05, 0.1) is 11.8 Å². The van der Waals surface area contributed by atoms with Gasteiger partial charge in [-0.2, -0.15) is 5.26 Å². The normalized spacial score (nSPS) is 15.1. The van der Waals surface area contributed by atoms with Crippen LogP contribution >= 0.6 is 22.6 Å². The third kappa shape index (κ3) is 3.38. The van der Waals surface area contributed by atoms with Crippen LogP contribution in [-0.4, -0.2) is 34.9 Å². The standard InChI is InChI=1S/C17H17IN4O2/c1-11-13(9-19)16(20-10-14(11)18)21-12-4-6-22(7-5-12)17(23)15-3-2-8-24-15/h2-3,8,10,12H,4-7H2,1H3,(H,20,21). The summed E-state index contributed by atoms with van der Waals surface area (Å²) in [5.74, 6) is 0.939. The number of pyridine rings is 1. The number of carbonyl (C=O) groups excluding carboxylic acids is 1. The van der Waals surface area contributed by atoms with Crippen molar-refractivity contribution in [1.29, 1.82) is 5.26 Å². The van der Waals surface area contributed by atoms with Crippen molar-refractivity contribution in [1.82, 2.24) is 9.88 Å². The summed E-state index contributed by atoms with van der Waals surface area (Å²) in [5, 5.41) is 12.7. The Morgan fingerprint density at radius 2 is 2.25 bits per heavy atom. The molecule has 0 aliphatic carbocycles. The van der Waals surface area contributed by atoms with Crippen molar-refractivity contribution in [3.63, 3.8) is 0 Å². The molecule has 0 bridgehead atoms. The number of likely N-dealkylation sites (tertiary alicyclic amines) is 1. The molecule has 1 aliphatic rings. The van der Waals surface area contributed by atoms with Gasteiger partial charge < -0.3 is 14.6 Å². The zero-order valence-electron chi connectivity index (χ0n) is 13.3. The Morgan fingerprint density at radius 3 is 2.88 bits per heavy atom. The van der Waals surface area contributed by atoms with Gasteiger partial charge >= 0.3 is 0 Å². The van der Waals surface area contributed by atoms with Gasteiger partial charge in [-0.25, -0.2) is 4.98 Å². The number of aromatic nitrogens is 1. The number of nitrogens with one attached hydrogen (secondary N) is 1. The van der Waals surface area contributed by atoms with Crippen molar-refractivity contribution < 1.29 is 9.21 Å². The van der Waals surface area contributed by atoms with Crippen LogP contribution in [0.4, 0.5) is 5.82 Å². The molecule has 24 heavy (non-hydrogen) atoms. The number of halogens is 1. The zero-order chi connectivity index (χ0) is 17.1. The third-order valence-electron chi connectivity index (χ3n) is 4.24. The predicted molar refractivity (Wildman–Crippen MR) is 97.7 cm³/mol. The number of nitriles is 1. The molecule has 0 saturated carbocycles. The van der Waals surface area contributed by atoms with Crippen LogP contribution in [0.5, 0.6) is 0 Å². The molecule has 3 rings (SSSR count). The van der Waals surface area contributed by atoms with E-state index in [9.17, 15) is 10.1 Å². The summed E-state index contributed by atoms with van der Waals surface area (Å²) in [5.41, 5.74) is 1.54. The molecule has 1 amide bonds. The van der Waals surface area contributed by atoms with Crippen LogP contribution in [0.2, 0.25) is 0 Å². The Kier molecular flexibility index (Phi) is 5.04. The lowest BCUT2D eigenvalue weighted by Gasteiger charge is -2.32. The van der Waals surface area contributed by atoms with Gasteiger partial charge in [0.2, 0.25) is 0 Å². The van der Waals surface area contributed by atoms with Gasteiger partial charge in [0.25, 0.3) is 5.91 Å². The summed E-state index contributed by atoms with van der Waals surface area (Å²) < 4.78 is 6.15. The Hall–Kier alpha value is -2.08. The molecule has 2 aromatic heterocycles. The molecule has 124 valence electrons. The first kappa shape index (κ1) is 16.8. The molecule has 0 aromatic carbocycles. The third-order valence-corrected chi connectivity index (χ3v) is 5.33. The average Bonchev–Trinajstić information content (AvgIpc) is 3.13. The molecule has 1 fully saturated rings. The fraction of sp³-hybridized carbons (Fsp3) is 0.353. The summed E-state index contributed by atoms with van der Waals surface area (Å²) in [7, 11) is 0. The molecule has 0 radical (unpaired) electrons. The fourth-order valence-electron chi connectivity index (χ4n) is 2.80. The summed E-state index contributed by atoms with van der Waals surface area (Å²) in [6.07, 6.45) is 4.90. The summed E-state index contributed by atoms with van der Waals surface area (Å²) >= 11 is 2.18. The van der Waals surface area contributed by atoms with Crippen LogP contribution in [0.25, 0.3) is 0 Å². The number of hydrogen-bond acceptors (Lipinski definition) is 5. The van der Waals surface area contributed by atoms with E-state index in [0.29, 0.717) is 30.2 Å². The van der Waals surface area contributed by atoms with E-state index < -0.39 is 0 Å². The Morgan fingerprint density at radius 1 is 1.50 bits per heavy atom. The van der Waals surface area contributed by atoms with Crippen LogP contribution in [0.3, 0.4) is 0 Å². The quantitative estimate of drug-likeness (QED) is 0.748. The molecule has 0 spiro atoms. The average molecular weight is 436 g/mol. The smallest absolute Gasteiger partial charge is 0.289 e.